The summed E-state index contributed by atoms with van der Waals surface area (Å²) in [5.41, 5.74) is 2.79. The molecule has 1 aliphatic rings. The number of unbranched alkanes of at least 4 members (excludes halogenated alkanes) is 1. The van der Waals surface area contributed by atoms with E-state index < -0.39 is 0 Å². The molecule has 0 spiro atoms. The van der Waals surface area contributed by atoms with E-state index in [1.807, 2.05) is 0 Å². The summed E-state index contributed by atoms with van der Waals surface area (Å²) in [6, 6.07) is 8.65. The summed E-state index contributed by atoms with van der Waals surface area (Å²) in [4.78, 5) is 0. The molecule has 2 N–H and O–H groups in total. The van der Waals surface area contributed by atoms with Crippen LogP contribution in [0.2, 0.25) is 0 Å². The van der Waals surface area contributed by atoms with Crippen LogP contribution < -0.4 is 10.6 Å². The first-order valence-corrected chi connectivity index (χ1v) is 6.42. The smallest absolute Gasteiger partial charge is 0.0372 e. The highest BCUT2D eigenvalue weighted by atomic mass is 14.9. The van der Waals surface area contributed by atoms with Crippen LogP contribution in [0.1, 0.15) is 25.3 Å². The third kappa shape index (κ3) is 2.99. The summed E-state index contributed by atoms with van der Waals surface area (Å²) in [7, 11) is 0. The standard InChI is InChI=1S/C14H22N2/c1-2-3-8-15-10-12-9-13-6-4-5-7-14(13)16-11-12/h4-7,12,15-16H,2-3,8-11H2,1H3. The van der Waals surface area contributed by atoms with E-state index in [1.54, 1.807) is 0 Å². The fraction of sp³-hybridized carbons (Fsp3) is 0.571. The first kappa shape index (κ1) is 11.5. The van der Waals surface area contributed by atoms with Crippen molar-refractivity contribution in [2.24, 2.45) is 5.92 Å². The largest absolute Gasteiger partial charge is 0.384 e. The van der Waals surface area contributed by atoms with Crippen molar-refractivity contribution >= 4 is 5.69 Å². The van der Waals surface area contributed by atoms with Gasteiger partial charge in [-0.2, -0.15) is 0 Å². The van der Waals surface area contributed by atoms with Crippen LogP contribution in [0.5, 0.6) is 0 Å². The Kier molecular flexibility index (Phi) is 4.23. The molecule has 1 unspecified atom stereocenters. The van der Waals surface area contributed by atoms with Gasteiger partial charge in [-0.1, -0.05) is 31.5 Å². The minimum atomic E-state index is 0.742. The van der Waals surface area contributed by atoms with Gasteiger partial charge in [0, 0.05) is 12.2 Å². The zero-order chi connectivity index (χ0) is 11.2. The average molecular weight is 218 g/mol. The Morgan fingerprint density at radius 2 is 2.25 bits per heavy atom. The highest BCUT2D eigenvalue weighted by Gasteiger charge is 2.16. The Morgan fingerprint density at radius 1 is 1.38 bits per heavy atom. The van der Waals surface area contributed by atoms with Crippen LogP contribution in [0.25, 0.3) is 0 Å². The van der Waals surface area contributed by atoms with E-state index in [4.69, 9.17) is 0 Å². The van der Waals surface area contributed by atoms with Gasteiger partial charge in [-0.3, -0.25) is 0 Å². The molecule has 2 heteroatoms. The van der Waals surface area contributed by atoms with Gasteiger partial charge in [0.15, 0.2) is 0 Å². The van der Waals surface area contributed by atoms with E-state index in [1.165, 1.54) is 30.5 Å². The van der Waals surface area contributed by atoms with Crippen LogP contribution >= 0.6 is 0 Å². The number of hydrogen-bond donors (Lipinski definition) is 2. The lowest BCUT2D eigenvalue weighted by Crippen LogP contribution is -2.32. The van der Waals surface area contributed by atoms with Crippen LogP contribution in [0.3, 0.4) is 0 Å². The maximum absolute atomic E-state index is 3.55. The van der Waals surface area contributed by atoms with Gasteiger partial charge in [0.2, 0.25) is 0 Å². The van der Waals surface area contributed by atoms with E-state index in [2.05, 4.69) is 41.8 Å². The van der Waals surface area contributed by atoms with Gasteiger partial charge in [0.25, 0.3) is 0 Å². The second-order valence-corrected chi connectivity index (χ2v) is 4.67. The number of rotatable bonds is 5. The van der Waals surface area contributed by atoms with E-state index in [0.717, 1.165) is 25.6 Å². The molecule has 88 valence electrons. The van der Waals surface area contributed by atoms with Gasteiger partial charge in [-0.15, -0.1) is 0 Å². The Hall–Kier alpha value is -1.02. The Balaban J connectivity index is 1.79. The predicted molar refractivity (Wildman–Crippen MR) is 69.9 cm³/mol. The molecule has 1 aromatic carbocycles. The summed E-state index contributed by atoms with van der Waals surface area (Å²) >= 11 is 0. The van der Waals surface area contributed by atoms with Crippen LogP contribution in [-0.2, 0) is 6.42 Å². The van der Waals surface area contributed by atoms with Crippen molar-refractivity contribution in [2.45, 2.75) is 26.2 Å². The predicted octanol–water partition coefficient (Wildman–Crippen LogP) is 2.66. The van der Waals surface area contributed by atoms with Crippen molar-refractivity contribution in [3.05, 3.63) is 29.8 Å². The van der Waals surface area contributed by atoms with Gasteiger partial charge >= 0.3 is 0 Å². The van der Waals surface area contributed by atoms with Crippen molar-refractivity contribution in [1.82, 2.24) is 5.32 Å². The highest BCUT2D eigenvalue weighted by Crippen LogP contribution is 2.23. The number of hydrogen-bond acceptors (Lipinski definition) is 2. The van der Waals surface area contributed by atoms with Crippen molar-refractivity contribution in [3.8, 4) is 0 Å². The zero-order valence-corrected chi connectivity index (χ0v) is 10.1. The van der Waals surface area contributed by atoms with E-state index in [0.29, 0.717) is 0 Å². The SMILES string of the molecule is CCCCNCC1CNc2ccccc2C1. The third-order valence-electron chi connectivity index (χ3n) is 3.25. The molecule has 1 aliphatic heterocycles. The molecular weight excluding hydrogens is 196 g/mol. The summed E-state index contributed by atoms with van der Waals surface area (Å²) in [5, 5.41) is 7.06. The number of benzene rings is 1. The highest BCUT2D eigenvalue weighted by molar-refractivity contribution is 5.53. The van der Waals surface area contributed by atoms with Gasteiger partial charge in [-0.05, 0) is 43.5 Å². The molecule has 2 nitrogen and oxygen atoms in total. The molecule has 0 saturated carbocycles. The fourth-order valence-electron chi connectivity index (χ4n) is 2.26. The minimum absolute atomic E-state index is 0.742. The lowest BCUT2D eigenvalue weighted by atomic mass is 9.94. The Morgan fingerprint density at radius 3 is 3.12 bits per heavy atom. The molecule has 0 fully saturated rings. The molecule has 1 aromatic rings. The number of fused-ring (bicyclic) bond motifs is 1. The molecule has 0 aromatic heterocycles. The number of para-hydroxylation sites is 1. The quantitative estimate of drug-likeness (QED) is 0.742. The second kappa shape index (κ2) is 5.90. The maximum Gasteiger partial charge on any atom is 0.0372 e. The number of nitrogens with one attached hydrogen (secondary N) is 2. The summed E-state index contributed by atoms with van der Waals surface area (Å²) in [5.74, 6) is 0.742. The van der Waals surface area contributed by atoms with Crippen molar-refractivity contribution in [2.75, 3.05) is 25.0 Å². The van der Waals surface area contributed by atoms with Crippen LogP contribution in [-0.4, -0.2) is 19.6 Å². The lowest BCUT2D eigenvalue weighted by molar-refractivity contribution is 0.479. The van der Waals surface area contributed by atoms with E-state index in [-0.39, 0.29) is 0 Å². The second-order valence-electron chi connectivity index (χ2n) is 4.67. The third-order valence-corrected chi connectivity index (χ3v) is 3.25. The van der Waals surface area contributed by atoms with Gasteiger partial charge in [0.1, 0.15) is 0 Å². The summed E-state index contributed by atoms with van der Waals surface area (Å²) < 4.78 is 0. The molecule has 0 radical (unpaired) electrons. The van der Waals surface area contributed by atoms with Crippen LogP contribution in [0.4, 0.5) is 5.69 Å². The first-order chi connectivity index (χ1) is 7.90. The molecule has 2 rings (SSSR count). The zero-order valence-electron chi connectivity index (χ0n) is 10.1. The molecule has 1 heterocycles. The molecule has 0 saturated heterocycles. The van der Waals surface area contributed by atoms with Gasteiger partial charge in [-0.25, -0.2) is 0 Å². The topological polar surface area (TPSA) is 24.1 Å². The van der Waals surface area contributed by atoms with Gasteiger partial charge < -0.3 is 10.6 Å². The molecule has 16 heavy (non-hydrogen) atoms. The Bertz CT molecular complexity index is 322. The van der Waals surface area contributed by atoms with Gasteiger partial charge in [0.05, 0.1) is 0 Å². The average Bonchev–Trinajstić information content (AvgIpc) is 2.34. The molecule has 0 bridgehead atoms. The van der Waals surface area contributed by atoms with Crippen LogP contribution in [0.15, 0.2) is 24.3 Å². The van der Waals surface area contributed by atoms with Crippen molar-refractivity contribution in [1.29, 1.82) is 0 Å². The van der Waals surface area contributed by atoms with E-state index in [9.17, 15) is 0 Å². The molecule has 1 atom stereocenters. The monoisotopic (exact) mass is 218 g/mol. The van der Waals surface area contributed by atoms with Crippen molar-refractivity contribution < 1.29 is 0 Å². The first-order valence-electron chi connectivity index (χ1n) is 6.42. The summed E-state index contributed by atoms with van der Waals surface area (Å²) in [6.45, 7) is 5.65. The lowest BCUT2D eigenvalue weighted by Gasteiger charge is -2.26. The Labute approximate surface area is 98.4 Å². The molecule has 0 amide bonds. The summed E-state index contributed by atoms with van der Waals surface area (Å²) in [6.07, 6.45) is 3.78. The molecular formula is C14H22N2. The fourth-order valence-corrected chi connectivity index (χ4v) is 2.26. The molecule has 0 aliphatic carbocycles. The number of anilines is 1. The minimum Gasteiger partial charge on any atom is -0.384 e. The van der Waals surface area contributed by atoms with Crippen LogP contribution in [0, 0.1) is 5.92 Å². The van der Waals surface area contributed by atoms with E-state index >= 15 is 0 Å². The van der Waals surface area contributed by atoms with Crippen molar-refractivity contribution in [3.63, 3.8) is 0 Å². The maximum atomic E-state index is 3.55. The normalized spacial score (nSPS) is 18.9.